The standard InChI is InChI=1S/C21H26N2O7/c24-16(7-3-1-5-13-22-17(25)9-10-18(22)26)15-30-21(29)8-4-2-6-14-23-19(27)11-12-20(23)28/h9-12H,1-8,13-15H2. The number of esters is 1. The molecule has 0 fully saturated rings. The molecule has 0 spiro atoms. The number of rotatable bonds is 14. The Morgan fingerprint density at radius 3 is 1.53 bits per heavy atom. The summed E-state index contributed by atoms with van der Waals surface area (Å²) < 4.78 is 4.96. The van der Waals surface area contributed by atoms with Gasteiger partial charge in [0.2, 0.25) is 0 Å². The number of hydrogen-bond acceptors (Lipinski definition) is 7. The molecule has 2 aliphatic rings. The number of Topliss-reactive ketones (excluding diaryl/α,β-unsaturated/α-hetero) is 1. The van der Waals surface area contributed by atoms with E-state index in [2.05, 4.69) is 0 Å². The molecule has 0 N–H and O–H groups in total. The van der Waals surface area contributed by atoms with Crippen molar-refractivity contribution < 1.29 is 33.5 Å². The van der Waals surface area contributed by atoms with E-state index in [0.29, 0.717) is 51.6 Å². The monoisotopic (exact) mass is 418 g/mol. The van der Waals surface area contributed by atoms with Gasteiger partial charge in [-0.15, -0.1) is 0 Å². The first-order chi connectivity index (χ1) is 14.4. The summed E-state index contributed by atoms with van der Waals surface area (Å²) >= 11 is 0. The molecule has 30 heavy (non-hydrogen) atoms. The van der Waals surface area contributed by atoms with Gasteiger partial charge in [-0.05, 0) is 25.7 Å². The number of nitrogens with zero attached hydrogens (tertiary/aromatic N) is 2. The quantitative estimate of drug-likeness (QED) is 0.235. The van der Waals surface area contributed by atoms with Crippen LogP contribution in [0.5, 0.6) is 0 Å². The maximum absolute atomic E-state index is 11.8. The molecule has 9 nitrogen and oxygen atoms in total. The first-order valence-corrected chi connectivity index (χ1v) is 10.1. The number of amides is 4. The van der Waals surface area contributed by atoms with Crippen LogP contribution in [0.15, 0.2) is 24.3 Å². The van der Waals surface area contributed by atoms with E-state index in [1.54, 1.807) is 0 Å². The Morgan fingerprint density at radius 1 is 0.633 bits per heavy atom. The van der Waals surface area contributed by atoms with E-state index in [1.165, 1.54) is 29.2 Å². The number of ether oxygens (including phenoxy) is 1. The Bertz CT molecular complexity index is 669. The lowest BCUT2D eigenvalue weighted by Crippen LogP contribution is -2.30. The van der Waals surface area contributed by atoms with Crippen molar-refractivity contribution in [3.63, 3.8) is 0 Å². The largest absolute Gasteiger partial charge is 0.458 e. The van der Waals surface area contributed by atoms with E-state index in [0.717, 1.165) is 4.90 Å². The van der Waals surface area contributed by atoms with Gasteiger partial charge in [-0.1, -0.05) is 12.8 Å². The van der Waals surface area contributed by atoms with Crippen molar-refractivity contribution in [2.24, 2.45) is 0 Å². The zero-order chi connectivity index (χ0) is 21.9. The highest BCUT2D eigenvalue weighted by molar-refractivity contribution is 6.13. The summed E-state index contributed by atoms with van der Waals surface area (Å²) in [6, 6.07) is 0. The van der Waals surface area contributed by atoms with Crippen molar-refractivity contribution >= 4 is 35.4 Å². The van der Waals surface area contributed by atoms with E-state index in [4.69, 9.17) is 4.74 Å². The van der Waals surface area contributed by atoms with E-state index >= 15 is 0 Å². The highest BCUT2D eigenvalue weighted by atomic mass is 16.5. The number of hydrogen-bond donors (Lipinski definition) is 0. The predicted molar refractivity (Wildman–Crippen MR) is 105 cm³/mol. The molecule has 162 valence electrons. The van der Waals surface area contributed by atoms with E-state index in [9.17, 15) is 28.8 Å². The van der Waals surface area contributed by atoms with Gasteiger partial charge in [0, 0.05) is 50.2 Å². The van der Waals surface area contributed by atoms with Crippen molar-refractivity contribution in [3.05, 3.63) is 24.3 Å². The van der Waals surface area contributed by atoms with Crippen molar-refractivity contribution in [2.45, 2.75) is 51.4 Å². The Hall–Kier alpha value is -3.10. The molecule has 0 aromatic carbocycles. The zero-order valence-electron chi connectivity index (χ0n) is 16.8. The summed E-state index contributed by atoms with van der Waals surface area (Å²) in [7, 11) is 0. The van der Waals surface area contributed by atoms with Gasteiger partial charge in [-0.25, -0.2) is 0 Å². The number of carbonyl (C=O) groups is 6. The summed E-state index contributed by atoms with van der Waals surface area (Å²) in [6.07, 6.45) is 9.16. The highest BCUT2D eigenvalue weighted by Crippen LogP contribution is 2.09. The summed E-state index contributed by atoms with van der Waals surface area (Å²) in [4.78, 5) is 71.3. The van der Waals surface area contributed by atoms with Gasteiger partial charge >= 0.3 is 5.97 Å². The molecule has 0 aromatic heterocycles. The molecule has 0 radical (unpaired) electrons. The lowest BCUT2D eigenvalue weighted by atomic mass is 10.1. The van der Waals surface area contributed by atoms with Gasteiger partial charge in [0.05, 0.1) is 0 Å². The van der Waals surface area contributed by atoms with Crippen LogP contribution in [-0.4, -0.2) is 64.9 Å². The van der Waals surface area contributed by atoms with Crippen LogP contribution in [0.1, 0.15) is 51.4 Å². The molecule has 0 aliphatic carbocycles. The maximum atomic E-state index is 11.8. The molecule has 2 aliphatic heterocycles. The van der Waals surface area contributed by atoms with Gasteiger partial charge in [-0.2, -0.15) is 0 Å². The van der Waals surface area contributed by atoms with Crippen LogP contribution in [-0.2, 0) is 33.5 Å². The molecule has 0 saturated heterocycles. The van der Waals surface area contributed by atoms with Gasteiger partial charge in [0.15, 0.2) is 5.78 Å². The summed E-state index contributed by atoms with van der Waals surface area (Å²) in [5.41, 5.74) is 0. The fourth-order valence-electron chi connectivity index (χ4n) is 3.09. The normalized spacial score (nSPS) is 15.6. The number of imide groups is 2. The van der Waals surface area contributed by atoms with Gasteiger partial charge in [0.1, 0.15) is 6.61 Å². The van der Waals surface area contributed by atoms with E-state index < -0.39 is 5.97 Å². The molecule has 2 heterocycles. The second-order valence-corrected chi connectivity index (χ2v) is 7.14. The molecule has 0 saturated carbocycles. The highest BCUT2D eigenvalue weighted by Gasteiger charge is 2.23. The third-order valence-corrected chi connectivity index (χ3v) is 4.80. The van der Waals surface area contributed by atoms with Crippen LogP contribution in [0, 0.1) is 0 Å². The summed E-state index contributed by atoms with van der Waals surface area (Å²) in [5.74, 6) is -1.86. The Labute approximate surface area is 174 Å². The molecular weight excluding hydrogens is 392 g/mol. The average molecular weight is 418 g/mol. The van der Waals surface area contributed by atoms with E-state index in [-0.39, 0.29) is 48.9 Å². The third kappa shape index (κ3) is 7.38. The molecular formula is C21H26N2O7. The Morgan fingerprint density at radius 2 is 1.07 bits per heavy atom. The molecule has 9 heteroatoms. The van der Waals surface area contributed by atoms with Crippen LogP contribution in [0.4, 0.5) is 0 Å². The van der Waals surface area contributed by atoms with Crippen molar-refractivity contribution in [2.75, 3.05) is 19.7 Å². The third-order valence-electron chi connectivity index (χ3n) is 4.80. The first-order valence-electron chi connectivity index (χ1n) is 10.1. The molecule has 0 atom stereocenters. The average Bonchev–Trinajstić information content (AvgIpc) is 3.21. The molecule has 0 unspecified atom stereocenters. The number of unbranched alkanes of at least 4 members (excludes halogenated alkanes) is 4. The minimum Gasteiger partial charge on any atom is -0.458 e. The first kappa shape index (κ1) is 23.2. The smallest absolute Gasteiger partial charge is 0.306 e. The lowest BCUT2D eigenvalue weighted by molar-refractivity contribution is -0.148. The molecule has 0 bridgehead atoms. The van der Waals surface area contributed by atoms with Crippen LogP contribution in [0.3, 0.4) is 0 Å². The van der Waals surface area contributed by atoms with Gasteiger partial charge < -0.3 is 4.74 Å². The second-order valence-electron chi connectivity index (χ2n) is 7.14. The van der Waals surface area contributed by atoms with Crippen LogP contribution < -0.4 is 0 Å². The fourth-order valence-corrected chi connectivity index (χ4v) is 3.09. The number of carbonyl (C=O) groups excluding carboxylic acids is 6. The zero-order valence-corrected chi connectivity index (χ0v) is 16.8. The van der Waals surface area contributed by atoms with Gasteiger partial charge in [0.25, 0.3) is 23.6 Å². The SMILES string of the molecule is O=C(CCCCCN1C(=O)C=CC1=O)COC(=O)CCCCCN1C(=O)C=CC1=O. The minimum atomic E-state index is -0.447. The Kier molecular flexibility index (Phi) is 9.11. The minimum absolute atomic E-state index is 0.170. The molecule has 0 aromatic rings. The topological polar surface area (TPSA) is 118 Å². The summed E-state index contributed by atoms with van der Waals surface area (Å²) in [5, 5.41) is 0. The maximum Gasteiger partial charge on any atom is 0.306 e. The fraction of sp³-hybridized carbons (Fsp3) is 0.524. The number of ketones is 1. The van der Waals surface area contributed by atoms with Crippen molar-refractivity contribution in [3.8, 4) is 0 Å². The summed E-state index contributed by atoms with van der Waals surface area (Å²) in [6.45, 7) is 0.410. The van der Waals surface area contributed by atoms with E-state index in [1.807, 2.05) is 0 Å². The lowest BCUT2D eigenvalue weighted by Gasteiger charge is -2.13. The predicted octanol–water partition coefficient (Wildman–Crippen LogP) is 1.07. The van der Waals surface area contributed by atoms with Crippen molar-refractivity contribution in [1.82, 2.24) is 9.80 Å². The van der Waals surface area contributed by atoms with Gasteiger partial charge in [-0.3, -0.25) is 38.6 Å². The van der Waals surface area contributed by atoms with Crippen LogP contribution in [0.2, 0.25) is 0 Å². The molecule has 4 amide bonds. The van der Waals surface area contributed by atoms with Crippen LogP contribution >= 0.6 is 0 Å². The molecule has 2 rings (SSSR count). The van der Waals surface area contributed by atoms with Crippen molar-refractivity contribution in [1.29, 1.82) is 0 Å². The second kappa shape index (κ2) is 11.8. The Balaban J connectivity index is 1.43. The van der Waals surface area contributed by atoms with Crippen LogP contribution in [0.25, 0.3) is 0 Å².